The summed E-state index contributed by atoms with van der Waals surface area (Å²) in [5, 5.41) is 0. The van der Waals surface area contributed by atoms with Crippen LogP contribution in [0.2, 0.25) is 0 Å². The van der Waals surface area contributed by atoms with Crippen LogP contribution in [0.5, 0.6) is 11.5 Å². The van der Waals surface area contributed by atoms with Crippen molar-refractivity contribution in [1.82, 2.24) is 9.88 Å². The summed E-state index contributed by atoms with van der Waals surface area (Å²) in [6, 6.07) is 10.8. The van der Waals surface area contributed by atoms with Crippen LogP contribution in [0, 0.1) is 5.92 Å². The molecule has 0 saturated carbocycles. The molecule has 2 heterocycles. The number of amides is 1. The van der Waals surface area contributed by atoms with E-state index in [1.54, 1.807) is 30.6 Å². The smallest absolute Gasteiger partial charge is 0.253 e. The minimum atomic E-state index is 0.0381. The van der Waals surface area contributed by atoms with Gasteiger partial charge in [-0.2, -0.15) is 0 Å². The quantitative estimate of drug-likeness (QED) is 0.940. The molecule has 0 spiro atoms. The van der Waals surface area contributed by atoms with Gasteiger partial charge in [-0.25, -0.2) is 0 Å². The van der Waals surface area contributed by atoms with E-state index in [4.69, 9.17) is 10.5 Å². The van der Waals surface area contributed by atoms with Crippen molar-refractivity contribution in [3.63, 3.8) is 0 Å². The van der Waals surface area contributed by atoms with Crippen LogP contribution in [-0.4, -0.2) is 35.4 Å². The van der Waals surface area contributed by atoms with E-state index in [0.717, 1.165) is 19.5 Å². The van der Waals surface area contributed by atoms with Gasteiger partial charge in [0.05, 0.1) is 0 Å². The zero-order valence-corrected chi connectivity index (χ0v) is 12.3. The lowest BCUT2D eigenvalue weighted by molar-refractivity contribution is 0.0787. The zero-order valence-electron chi connectivity index (χ0n) is 12.3. The fourth-order valence-corrected chi connectivity index (χ4v) is 2.63. The van der Waals surface area contributed by atoms with Gasteiger partial charge in [0.2, 0.25) is 0 Å². The topological polar surface area (TPSA) is 68.5 Å². The highest BCUT2D eigenvalue weighted by Crippen LogP contribution is 2.23. The lowest BCUT2D eigenvalue weighted by Gasteiger charge is -2.16. The first-order valence-electron chi connectivity index (χ1n) is 7.43. The van der Waals surface area contributed by atoms with Crippen molar-refractivity contribution in [2.75, 3.05) is 19.6 Å². The molecule has 2 aromatic rings. The first-order valence-corrected chi connectivity index (χ1v) is 7.43. The molecule has 0 bridgehead atoms. The second-order valence-electron chi connectivity index (χ2n) is 5.45. The third kappa shape index (κ3) is 3.26. The van der Waals surface area contributed by atoms with Crippen LogP contribution in [0.1, 0.15) is 16.8 Å². The third-order valence-electron chi connectivity index (χ3n) is 3.87. The summed E-state index contributed by atoms with van der Waals surface area (Å²) in [5.74, 6) is 1.80. The summed E-state index contributed by atoms with van der Waals surface area (Å²) < 4.78 is 5.74. The predicted molar refractivity (Wildman–Crippen MR) is 83.8 cm³/mol. The number of nitrogens with two attached hydrogens (primary N) is 1. The van der Waals surface area contributed by atoms with Crippen LogP contribution in [0.4, 0.5) is 0 Å². The Morgan fingerprint density at radius 3 is 2.82 bits per heavy atom. The average Bonchev–Trinajstić information content (AvgIpc) is 3.04. The van der Waals surface area contributed by atoms with Gasteiger partial charge >= 0.3 is 0 Å². The maximum absolute atomic E-state index is 12.5. The van der Waals surface area contributed by atoms with Crippen molar-refractivity contribution < 1.29 is 9.53 Å². The molecular weight excluding hydrogens is 278 g/mol. The Balaban J connectivity index is 1.72. The molecule has 1 aromatic carbocycles. The molecule has 3 rings (SSSR count). The van der Waals surface area contributed by atoms with E-state index >= 15 is 0 Å². The first-order chi connectivity index (χ1) is 10.8. The van der Waals surface area contributed by atoms with Crippen molar-refractivity contribution in [2.24, 2.45) is 11.7 Å². The molecule has 22 heavy (non-hydrogen) atoms. The Kier molecular flexibility index (Phi) is 4.34. The average molecular weight is 297 g/mol. The lowest BCUT2D eigenvalue weighted by Crippen LogP contribution is -2.29. The Labute approximate surface area is 129 Å². The number of hydrogen-bond acceptors (Lipinski definition) is 4. The normalized spacial score (nSPS) is 17.5. The van der Waals surface area contributed by atoms with E-state index in [1.165, 1.54) is 0 Å². The second kappa shape index (κ2) is 6.58. The zero-order chi connectivity index (χ0) is 15.4. The molecule has 2 N–H and O–H groups in total. The van der Waals surface area contributed by atoms with Crippen molar-refractivity contribution in [3.05, 3.63) is 54.4 Å². The van der Waals surface area contributed by atoms with Crippen molar-refractivity contribution in [2.45, 2.75) is 6.42 Å². The van der Waals surface area contributed by atoms with Crippen LogP contribution >= 0.6 is 0 Å². The van der Waals surface area contributed by atoms with Crippen molar-refractivity contribution in [3.8, 4) is 11.5 Å². The van der Waals surface area contributed by atoms with E-state index in [-0.39, 0.29) is 5.91 Å². The van der Waals surface area contributed by atoms with Gasteiger partial charge in [-0.3, -0.25) is 9.78 Å². The van der Waals surface area contributed by atoms with Gasteiger partial charge in [0.25, 0.3) is 5.91 Å². The molecule has 1 aliphatic rings. The maximum atomic E-state index is 12.5. The molecule has 114 valence electrons. The summed E-state index contributed by atoms with van der Waals surface area (Å²) in [5.41, 5.74) is 6.32. The maximum Gasteiger partial charge on any atom is 0.253 e. The van der Waals surface area contributed by atoms with E-state index in [2.05, 4.69) is 4.98 Å². The number of pyridine rings is 1. The number of nitrogens with zero attached hydrogens (tertiary/aromatic N) is 2. The summed E-state index contributed by atoms with van der Waals surface area (Å²) >= 11 is 0. The van der Waals surface area contributed by atoms with Gasteiger partial charge in [-0.15, -0.1) is 0 Å². The van der Waals surface area contributed by atoms with Gasteiger partial charge in [0.1, 0.15) is 11.5 Å². The molecule has 0 radical (unpaired) electrons. The van der Waals surface area contributed by atoms with Crippen LogP contribution in [0.3, 0.4) is 0 Å². The highest BCUT2D eigenvalue weighted by Gasteiger charge is 2.26. The predicted octanol–water partition coefficient (Wildman–Crippen LogP) is 2.29. The minimum Gasteiger partial charge on any atom is -0.457 e. The first kappa shape index (κ1) is 14.5. The Morgan fingerprint density at radius 1 is 1.27 bits per heavy atom. The van der Waals surface area contributed by atoms with E-state index in [1.807, 2.05) is 23.1 Å². The summed E-state index contributed by atoms with van der Waals surface area (Å²) in [6.07, 6.45) is 4.32. The monoisotopic (exact) mass is 297 g/mol. The summed E-state index contributed by atoms with van der Waals surface area (Å²) in [7, 11) is 0. The van der Waals surface area contributed by atoms with E-state index in [9.17, 15) is 4.79 Å². The molecule has 1 amide bonds. The van der Waals surface area contributed by atoms with E-state index in [0.29, 0.717) is 29.5 Å². The minimum absolute atomic E-state index is 0.0381. The van der Waals surface area contributed by atoms with Crippen LogP contribution in [0.15, 0.2) is 48.8 Å². The van der Waals surface area contributed by atoms with Crippen LogP contribution < -0.4 is 10.5 Å². The van der Waals surface area contributed by atoms with Crippen molar-refractivity contribution >= 4 is 5.91 Å². The molecule has 1 aliphatic heterocycles. The summed E-state index contributed by atoms with van der Waals surface area (Å²) in [6.45, 7) is 2.15. The Morgan fingerprint density at radius 2 is 2.09 bits per heavy atom. The van der Waals surface area contributed by atoms with E-state index < -0.39 is 0 Å². The van der Waals surface area contributed by atoms with Gasteiger partial charge in [-0.1, -0.05) is 6.07 Å². The molecule has 1 atom stereocenters. The van der Waals surface area contributed by atoms with Crippen LogP contribution in [0.25, 0.3) is 0 Å². The number of aromatic nitrogens is 1. The van der Waals surface area contributed by atoms with Gasteiger partial charge < -0.3 is 15.4 Å². The highest BCUT2D eigenvalue weighted by atomic mass is 16.5. The largest absolute Gasteiger partial charge is 0.457 e. The second-order valence-corrected chi connectivity index (χ2v) is 5.45. The SMILES string of the molecule is NC[C@@H]1CCN(C(=O)c2cccc(Oc3ccncc3)c2)C1. The Hall–Kier alpha value is -2.40. The number of carbonyl (C=O) groups is 1. The molecule has 5 nitrogen and oxygen atoms in total. The number of hydrogen-bond donors (Lipinski definition) is 1. The van der Waals surface area contributed by atoms with Crippen LogP contribution in [-0.2, 0) is 0 Å². The Bertz CT molecular complexity index is 645. The number of benzene rings is 1. The fourth-order valence-electron chi connectivity index (χ4n) is 2.63. The number of ether oxygens (including phenoxy) is 1. The van der Waals surface area contributed by atoms with Gasteiger partial charge in [-0.05, 0) is 49.2 Å². The lowest BCUT2D eigenvalue weighted by atomic mass is 10.1. The molecule has 0 aliphatic carbocycles. The fraction of sp³-hybridized carbons (Fsp3) is 0.294. The van der Waals surface area contributed by atoms with Crippen molar-refractivity contribution in [1.29, 1.82) is 0 Å². The molecule has 1 saturated heterocycles. The molecule has 5 heteroatoms. The molecule has 0 unspecified atom stereocenters. The molecule has 1 aromatic heterocycles. The molecular formula is C17H19N3O2. The highest BCUT2D eigenvalue weighted by molar-refractivity contribution is 5.94. The number of carbonyl (C=O) groups excluding carboxylic acids is 1. The number of likely N-dealkylation sites (tertiary alicyclic amines) is 1. The number of rotatable bonds is 4. The third-order valence-corrected chi connectivity index (χ3v) is 3.87. The summed E-state index contributed by atoms with van der Waals surface area (Å²) in [4.78, 5) is 18.3. The molecule has 1 fully saturated rings. The van der Waals surface area contributed by atoms with Gasteiger partial charge in [0, 0.05) is 31.0 Å². The standard InChI is InChI=1S/C17H19N3O2/c18-11-13-6-9-20(12-13)17(21)14-2-1-3-16(10-14)22-15-4-7-19-8-5-15/h1-5,7-8,10,13H,6,9,11-12,18H2/t13-/m0/s1. The van der Waals surface area contributed by atoms with Gasteiger partial charge in [0.15, 0.2) is 0 Å².